The van der Waals surface area contributed by atoms with Crippen LogP contribution < -0.4 is 10.1 Å². The van der Waals surface area contributed by atoms with Gasteiger partial charge < -0.3 is 14.8 Å². The van der Waals surface area contributed by atoms with Gasteiger partial charge in [-0.1, -0.05) is 18.2 Å². The molecule has 1 aliphatic carbocycles. The van der Waals surface area contributed by atoms with Gasteiger partial charge in [0, 0.05) is 32.4 Å². The molecule has 1 spiro atoms. The average Bonchev–Trinajstić information content (AvgIpc) is 3.17. The van der Waals surface area contributed by atoms with Gasteiger partial charge in [0.1, 0.15) is 34.5 Å². The summed E-state index contributed by atoms with van der Waals surface area (Å²) in [6.45, 7) is 4.84. The lowest BCUT2D eigenvalue weighted by Gasteiger charge is -2.54. The number of nitriles is 1. The first-order valence-electron chi connectivity index (χ1n) is 11.1. The van der Waals surface area contributed by atoms with Gasteiger partial charge in [-0.25, -0.2) is 0 Å². The molecular weight excluding hydrogens is 416 g/mol. The largest absolute Gasteiger partial charge is 0.457 e. The van der Waals surface area contributed by atoms with Crippen LogP contribution in [-0.2, 0) is 4.74 Å². The Hall–Kier alpha value is -3.47. The summed E-state index contributed by atoms with van der Waals surface area (Å²) in [4.78, 5) is 11.8. The van der Waals surface area contributed by atoms with Gasteiger partial charge in [0.25, 0.3) is 0 Å². The first-order chi connectivity index (χ1) is 16.1. The summed E-state index contributed by atoms with van der Waals surface area (Å²) < 4.78 is 12.1. The third-order valence-corrected chi connectivity index (χ3v) is 6.25. The molecule has 0 radical (unpaired) electrons. The number of carbonyl (C=O) groups excluding carboxylic acids is 1. The van der Waals surface area contributed by atoms with Gasteiger partial charge >= 0.3 is 0 Å². The van der Waals surface area contributed by atoms with E-state index in [0.29, 0.717) is 28.1 Å². The molecule has 3 aromatic rings. The Morgan fingerprint density at radius 2 is 1.79 bits per heavy atom. The summed E-state index contributed by atoms with van der Waals surface area (Å²) in [7, 11) is 1.68. The predicted molar refractivity (Wildman–Crippen MR) is 125 cm³/mol. The Balaban J connectivity index is 0.000000601. The van der Waals surface area contributed by atoms with Crippen molar-refractivity contribution in [2.24, 2.45) is 5.41 Å². The fourth-order valence-electron chi connectivity index (χ4n) is 4.34. The third kappa shape index (κ3) is 4.68. The van der Waals surface area contributed by atoms with Crippen LogP contribution in [0.25, 0.3) is 11.3 Å². The number of carbonyl (C=O) groups is 1. The zero-order valence-electron chi connectivity index (χ0n) is 19.0. The maximum atomic E-state index is 11.8. The fraction of sp³-hybridized carbons (Fsp3) is 0.346. The second kappa shape index (κ2) is 9.99. The third-order valence-electron chi connectivity index (χ3n) is 6.25. The number of hydrogen-bond acceptors (Lipinski definition) is 6. The van der Waals surface area contributed by atoms with Crippen molar-refractivity contribution in [3.8, 4) is 28.8 Å². The van der Waals surface area contributed by atoms with Gasteiger partial charge in [0.15, 0.2) is 6.29 Å². The Labute approximate surface area is 193 Å². The second-order valence-electron chi connectivity index (χ2n) is 8.47. The number of hydrogen-bond donors (Lipinski definition) is 1. The maximum Gasteiger partial charge on any atom is 0.169 e. The Morgan fingerprint density at radius 1 is 1.15 bits per heavy atom. The molecule has 1 saturated carbocycles. The van der Waals surface area contributed by atoms with E-state index >= 15 is 0 Å². The highest BCUT2D eigenvalue weighted by molar-refractivity contribution is 5.83. The molecular formula is C26H28N4O3. The number of ether oxygens (including phenoxy) is 2. The number of nitrogens with zero attached hydrogens (tertiary/aromatic N) is 3. The lowest BCUT2D eigenvalue weighted by atomic mass is 9.61. The summed E-state index contributed by atoms with van der Waals surface area (Å²) in [5.41, 5.74) is 2.42. The highest BCUT2D eigenvalue weighted by Gasteiger charge is 2.50. The summed E-state index contributed by atoms with van der Waals surface area (Å²) in [5, 5.41) is 17.7. The Bertz CT molecular complexity index is 1120. The highest BCUT2D eigenvalue weighted by Crippen LogP contribution is 2.51. The van der Waals surface area contributed by atoms with E-state index in [-0.39, 0.29) is 6.04 Å². The topological polar surface area (TPSA) is 89.2 Å². The fourth-order valence-corrected chi connectivity index (χ4v) is 4.34. The molecule has 1 N–H and O–H groups in total. The number of aldehydes is 1. The standard InChI is InChI=1S/C23H20N4O2.C3H8O/c24-12-20-21(13-28)27(17-10-23(11-17)14-25-15-23)26-22(20)16-6-8-19(9-7-16)29-18-4-2-1-3-5-18;1-3-4-2/h1-9,13,17,25H,10-11,14-15H2;3H2,1-2H3. The molecule has 33 heavy (non-hydrogen) atoms. The molecule has 0 bridgehead atoms. The summed E-state index contributed by atoms with van der Waals surface area (Å²) in [5.74, 6) is 1.46. The van der Waals surface area contributed by atoms with Crippen molar-refractivity contribution in [3.63, 3.8) is 0 Å². The van der Waals surface area contributed by atoms with Crippen LogP contribution in [0.5, 0.6) is 11.5 Å². The van der Waals surface area contributed by atoms with Crippen LogP contribution in [0.1, 0.15) is 41.9 Å². The lowest BCUT2D eigenvalue weighted by Crippen LogP contribution is -2.60. The van der Waals surface area contributed by atoms with Crippen molar-refractivity contribution in [2.45, 2.75) is 25.8 Å². The van der Waals surface area contributed by atoms with Gasteiger partial charge in [0.2, 0.25) is 0 Å². The molecule has 0 atom stereocenters. The van der Waals surface area contributed by atoms with Crippen LogP contribution in [0.3, 0.4) is 0 Å². The lowest BCUT2D eigenvalue weighted by molar-refractivity contribution is 0.00172. The Kier molecular flexibility index (Phi) is 6.87. The van der Waals surface area contributed by atoms with Gasteiger partial charge in [-0.2, -0.15) is 10.4 Å². The Morgan fingerprint density at radius 3 is 2.30 bits per heavy atom. The van der Waals surface area contributed by atoms with Crippen molar-refractivity contribution in [3.05, 3.63) is 65.9 Å². The first-order valence-corrected chi connectivity index (χ1v) is 11.1. The van der Waals surface area contributed by atoms with E-state index in [4.69, 9.17) is 4.74 Å². The van der Waals surface area contributed by atoms with E-state index in [2.05, 4.69) is 21.2 Å². The molecule has 0 unspecified atom stereocenters. The average molecular weight is 445 g/mol. The molecule has 1 saturated heterocycles. The van der Waals surface area contributed by atoms with E-state index in [9.17, 15) is 10.1 Å². The maximum absolute atomic E-state index is 11.8. The molecule has 170 valence electrons. The summed E-state index contributed by atoms with van der Waals surface area (Å²) >= 11 is 0. The van der Waals surface area contributed by atoms with E-state index < -0.39 is 0 Å². The normalized spacial score (nSPS) is 16.0. The molecule has 0 amide bonds. The van der Waals surface area contributed by atoms with Crippen LogP contribution >= 0.6 is 0 Å². The minimum Gasteiger partial charge on any atom is -0.457 e. The molecule has 1 aliphatic heterocycles. The van der Waals surface area contributed by atoms with Crippen LogP contribution in [0.2, 0.25) is 0 Å². The van der Waals surface area contributed by atoms with E-state index in [1.165, 1.54) is 0 Å². The van der Waals surface area contributed by atoms with Gasteiger partial charge in [-0.05, 0) is 61.6 Å². The van der Waals surface area contributed by atoms with Crippen LogP contribution in [0.15, 0.2) is 54.6 Å². The van der Waals surface area contributed by atoms with Crippen LogP contribution in [-0.4, -0.2) is 42.9 Å². The number of benzene rings is 2. The molecule has 1 aromatic heterocycles. The van der Waals surface area contributed by atoms with Crippen molar-refractivity contribution < 1.29 is 14.3 Å². The van der Waals surface area contributed by atoms with E-state index in [1.54, 1.807) is 11.8 Å². The quantitative estimate of drug-likeness (QED) is 0.559. The molecule has 2 aromatic carbocycles. The SMILES string of the molecule is CCOC.N#Cc1c(-c2ccc(Oc3ccccc3)cc2)nn(C2CC3(CNC3)C2)c1C=O. The predicted octanol–water partition coefficient (Wildman–Crippen LogP) is 4.60. The number of para-hydroxylation sites is 1. The van der Waals surface area contributed by atoms with Crippen LogP contribution in [0, 0.1) is 16.7 Å². The molecule has 7 nitrogen and oxygen atoms in total. The van der Waals surface area contributed by atoms with Crippen molar-refractivity contribution >= 4 is 6.29 Å². The monoisotopic (exact) mass is 444 g/mol. The summed E-state index contributed by atoms with van der Waals surface area (Å²) in [6, 6.07) is 19.4. The number of aromatic nitrogens is 2. The molecule has 2 fully saturated rings. The number of rotatable bonds is 6. The highest BCUT2D eigenvalue weighted by atomic mass is 16.5. The van der Waals surface area contributed by atoms with E-state index in [0.717, 1.165) is 50.1 Å². The van der Waals surface area contributed by atoms with E-state index in [1.807, 2.05) is 61.5 Å². The molecule has 5 rings (SSSR count). The molecule has 7 heteroatoms. The summed E-state index contributed by atoms with van der Waals surface area (Å²) in [6.07, 6.45) is 2.75. The van der Waals surface area contributed by atoms with Gasteiger partial charge in [0.05, 0.1) is 6.04 Å². The minimum atomic E-state index is 0.179. The van der Waals surface area contributed by atoms with Gasteiger partial charge in [-0.15, -0.1) is 0 Å². The zero-order chi connectivity index (χ0) is 23.3. The second-order valence-corrected chi connectivity index (χ2v) is 8.47. The molecule has 2 heterocycles. The van der Waals surface area contributed by atoms with Crippen molar-refractivity contribution in [2.75, 3.05) is 26.8 Å². The zero-order valence-corrected chi connectivity index (χ0v) is 19.0. The molecule has 2 aliphatic rings. The van der Waals surface area contributed by atoms with Crippen LogP contribution in [0.4, 0.5) is 0 Å². The number of methoxy groups -OCH3 is 1. The van der Waals surface area contributed by atoms with Gasteiger partial charge in [-0.3, -0.25) is 9.48 Å². The minimum absolute atomic E-state index is 0.179. The number of nitrogens with one attached hydrogen (secondary N) is 1. The van der Waals surface area contributed by atoms with Crippen molar-refractivity contribution in [1.82, 2.24) is 15.1 Å². The van der Waals surface area contributed by atoms with Crippen molar-refractivity contribution in [1.29, 1.82) is 5.26 Å². The smallest absolute Gasteiger partial charge is 0.169 e. The first kappa shape index (κ1) is 22.7.